The number of ether oxygens (including phenoxy) is 1. The topological polar surface area (TPSA) is 53.2 Å². The highest BCUT2D eigenvalue weighted by molar-refractivity contribution is 5.64. The lowest BCUT2D eigenvalue weighted by Crippen LogP contribution is -2.26. The minimum Gasteiger partial charge on any atom is -0.497 e. The Bertz CT molecular complexity index is 538. The first-order valence-electron chi connectivity index (χ1n) is 6.74. The number of nitrogens with one attached hydrogen (secondary N) is 2. The Morgan fingerprint density at radius 3 is 3.00 bits per heavy atom. The molecule has 0 saturated heterocycles. The summed E-state index contributed by atoms with van der Waals surface area (Å²) in [5, 5.41) is 10.4. The molecule has 1 aromatic carbocycles. The minimum absolute atomic E-state index is 0.853. The van der Waals surface area contributed by atoms with Crippen LogP contribution in [0.2, 0.25) is 0 Å². The van der Waals surface area contributed by atoms with Gasteiger partial charge in [0.25, 0.3) is 0 Å². The predicted molar refractivity (Wildman–Crippen MR) is 80.8 cm³/mol. The monoisotopic (exact) mass is 274 g/mol. The number of aromatic nitrogens is 2. The molecule has 0 aliphatic rings. The molecule has 2 rings (SSSR count). The number of hydrogen-bond donors (Lipinski definition) is 2. The van der Waals surface area contributed by atoms with Gasteiger partial charge in [-0.05, 0) is 26.2 Å². The smallest absolute Gasteiger partial charge is 0.119 e. The second-order valence-corrected chi connectivity index (χ2v) is 4.84. The summed E-state index contributed by atoms with van der Waals surface area (Å²) in [7, 11) is 5.76. The SMILES string of the molecule is CNCCN(C)Cc1cn[nH]c1-c1cccc(OC)c1. The Hall–Kier alpha value is -1.85. The lowest BCUT2D eigenvalue weighted by atomic mass is 10.1. The molecule has 2 N–H and O–H groups in total. The minimum atomic E-state index is 0.853. The summed E-state index contributed by atoms with van der Waals surface area (Å²) in [5.41, 5.74) is 3.34. The van der Waals surface area contributed by atoms with Crippen LogP contribution >= 0.6 is 0 Å². The first kappa shape index (κ1) is 14.6. The van der Waals surface area contributed by atoms with Crippen molar-refractivity contribution in [3.05, 3.63) is 36.0 Å². The molecule has 5 nitrogen and oxygen atoms in total. The van der Waals surface area contributed by atoms with Crippen LogP contribution in [0.1, 0.15) is 5.56 Å². The predicted octanol–water partition coefficient (Wildman–Crippen LogP) is 1.74. The summed E-state index contributed by atoms with van der Waals surface area (Å²) in [6.45, 7) is 2.84. The fourth-order valence-corrected chi connectivity index (χ4v) is 2.13. The molecule has 0 spiro atoms. The maximum atomic E-state index is 5.27. The van der Waals surface area contributed by atoms with E-state index in [4.69, 9.17) is 4.74 Å². The molecule has 5 heteroatoms. The molecule has 0 saturated carbocycles. The second kappa shape index (κ2) is 7.07. The van der Waals surface area contributed by atoms with Crippen LogP contribution in [0.3, 0.4) is 0 Å². The third-order valence-corrected chi connectivity index (χ3v) is 3.26. The molecule has 1 heterocycles. The highest BCUT2D eigenvalue weighted by Crippen LogP contribution is 2.25. The molecule has 0 atom stereocenters. The van der Waals surface area contributed by atoms with Crippen LogP contribution in [0.25, 0.3) is 11.3 Å². The molecule has 0 radical (unpaired) electrons. The van der Waals surface area contributed by atoms with Gasteiger partial charge < -0.3 is 15.0 Å². The summed E-state index contributed by atoms with van der Waals surface area (Å²) < 4.78 is 5.27. The Labute approximate surface area is 119 Å². The third kappa shape index (κ3) is 3.59. The van der Waals surface area contributed by atoms with Gasteiger partial charge in [-0.2, -0.15) is 5.10 Å². The number of nitrogens with zero attached hydrogens (tertiary/aromatic N) is 2. The van der Waals surface area contributed by atoms with E-state index in [9.17, 15) is 0 Å². The van der Waals surface area contributed by atoms with Crippen LogP contribution in [0.5, 0.6) is 5.75 Å². The summed E-state index contributed by atoms with van der Waals surface area (Å²) in [6, 6.07) is 8.01. The zero-order valence-corrected chi connectivity index (χ0v) is 12.3. The van der Waals surface area contributed by atoms with Crippen molar-refractivity contribution < 1.29 is 4.74 Å². The molecule has 0 fully saturated rings. The van der Waals surface area contributed by atoms with E-state index in [1.165, 1.54) is 5.56 Å². The van der Waals surface area contributed by atoms with Gasteiger partial charge in [-0.15, -0.1) is 0 Å². The molecule has 20 heavy (non-hydrogen) atoms. The summed E-state index contributed by atoms with van der Waals surface area (Å²) in [4.78, 5) is 2.27. The number of rotatable bonds is 7. The van der Waals surface area contributed by atoms with Gasteiger partial charge in [-0.25, -0.2) is 0 Å². The zero-order chi connectivity index (χ0) is 14.4. The largest absolute Gasteiger partial charge is 0.497 e. The molecule has 108 valence electrons. The van der Waals surface area contributed by atoms with Gasteiger partial charge in [0.05, 0.1) is 19.0 Å². The second-order valence-electron chi connectivity index (χ2n) is 4.84. The van der Waals surface area contributed by atoms with Crippen LogP contribution in [0.15, 0.2) is 30.5 Å². The molecule has 0 bridgehead atoms. The van der Waals surface area contributed by atoms with Crippen molar-refractivity contribution in [3.8, 4) is 17.0 Å². The lowest BCUT2D eigenvalue weighted by Gasteiger charge is -2.16. The maximum absolute atomic E-state index is 5.27. The van der Waals surface area contributed by atoms with Gasteiger partial charge in [0, 0.05) is 30.8 Å². The molecule has 2 aromatic rings. The van der Waals surface area contributed by atoms with E-state index in [1.807, 2.05) is 31.4 Å². The summed E-state index contributed by atoms with van der Waals surface area (Å²) >= 11 is 0. The Balaban J connectivity index is 2.15. The normalized spacial score (nSPS) is 11.0. The van der Waals surface area contributed by atoms with Crippen molar-refractivity contribution in [3.63, 3.8) is 0 Å². The molecule has 1 aromatic heterocycles. The fraction of sp³-hybridized carbons (Fsp3) is 0.400. The Kier molecular flexibility index (Phi) is 5.15. The van der Waals surface area contributed by atoms with Crippen LogP contribution < -0.4 is 10.1 Å². The Morgan fingerprint density at radius 1 is 1.40 bits per heavy atom. The maximum Gasteiger partial charge on any atom is 0.119 e. The summed E-state index contributed by atoms with van der Waals surface area (Å²) in [6.07, 6.45) is 1.89. The molecule has 0 aliphatic heterocycles. The number of aromatic amines is 1. The van der Waals surface area contributed by atoms with Crippen molar-refractivity contribution in [1.29, 1.82) is 0 Å². The molecular weight excluding hydrogens is 252 g/mol. The first-order valence-corrected chi connectivity index (χ1v) is 6.74. The average molecular weight is 274 g/mol. The van der Waals surface area contributed by atoms with E-state index in [0.717, 1.165) is 36.6 Å². The van der Waals surface area contributed by atoms with Gasteiger partial charge in [0.1, 0.15) is 5.75 Å². The van der Waals surface area contributed by atoms with Crippen LogP contribution in [-0.2, 0) is 6.54 Å². The number of methoxy groups -OCH3 is 1. The van der Waals surface area contributed by atoms with E-state index >= 15 is 0 Å². The van der Waals surface area contributed by atoms with E-state index in [1.54, 1.807) is 7.11 Å². The highest BCUT2D eigenvalue weighted by Gasteiger charge is 2.10. The van der Waals surface area contributed by atoms with Crippen molar-refractivity contribution in [2.45, 2.75) is 6.54 Å². The van der Waals surface area contributed by atoms with Crippen LogP contribution in [0.4, 0.5) is 0 Å². The molecule has 0 amide bonds. The Morgan fingerprint density at radius 2 is 2.25 bits per heavy atom. The van der Waals surface area contributed by atoms with Gasteiger partial charge in [0.2, 0.25) is 0 Å². The highest BCUT2D eigenvalue weighted by atomic mass is 16.5. The average Bonchev–Trinajstić information content (AvgIpc) is 2.93. The van der Waals surface area contributed by atoms with E-state index in [-0.39, 0.29) is 0 Å². The van der Waals surface area contributed by atoms with Crippen molar-refractivity contribution in [2.24, 2.45) is 0 Å². The van der Waals surface area contributed by atoms with Crippen LogP contribution in [-0.4, -0.2) is 49.4 Å². The van der Waals surface area contributed by atoms with Gasteiger partial charge >= 0.3 is 0 Å². The third-order valence-electron chi connectivity index (χ3n) is 3.26. The van der Waals surface area contributed by atoms with E-state index in [0.29, 0.717) is 0 Å². The van der Waals surface area contributed by atoms with Gasteiger partial charge in [-0.3, -0.25) is 5.10 Å². The number of likely N-dealkylation sites (N-methyl/N-ethyl adjacent to an activating group) is 2. The summed E-state index contributed by atoms with van der Waals surface area (Å²) in [5.74, 6) is 0.853. The number of hydrogen-bond acceptors (Lipinski definition) is 4. The van der Waals surface area contributed by atoms with E-state index in [2.05, 4.69) is 33.5 Å². The van der Waals surface area contributed by atoms with Crippen LogP contribution in [0, 0.1) is 0 Å². The standard InChI is InChI=1S/C15H22N4O/c1-16-7-8-19(2)11-13-10-17-18-15(13)12-5-4-6-14(9-12)20-3/h4-6,9-10,16H,7-8,11H2,1-3H3,(H,17,18). The number of H-pyrrole nitrogens is 1. The van der Waals surface area contributed by atoms with Gasteiger partial charge in [-0.1, -0.05) is 12.1 Å². The van der Waals surface area contributed by atoms with Crippen molar-refractivity contribution >= 4 is 0 Å². The van der Waals surface area contributed by atoms with E-state index < -0.39 is 0 Å². The quantitative estimate of drug-likeness (QED) is 0.807. The zero-order valence-electron chi connectivity index (χ0n) is 12.3. The molecular formula is C15H22N4O. The molecule has 0 unspecified atom stereocenters. The lowest BCUT2D eigenvalue weighted by molar-refractivity contribution is 0.328. The first-order chi connectivity index (χ1) is 9.74. The van der Waals surface area contributed by atoms with Gasteiger partial charge in [0.15, 0.2) is 0 Å². The number of benzene rings is 1. The molecule has 0 aliphatic carbocycles. The van der Waals surface area contributed by atoms with Crippen molar-refractivity contribution in [2.75, 3.05) is 34.3 Å². The van der Waals surface area contributed by atoms with Crippen molar-refractivity contribution in [1.82, 2.24) is 20.4 Å². The fourth-order valence-electron chi connectivity index (χ4n) is 2.13.